The Morgan fingerprint density at radius 3 is 2.06 bits per heavy atom. The second-order valence-electron chi connectivity index (χ2n) is 5.50. The molecule has 0 fully saturated rings. The van der Waals surface area contributed by atoms with E-state index in [2.05, 4.69) is 26.0 Å². The second-order valence-corrected chi connectivity index (χ2v) is 5.50. The Balaban J connectivity index is 3.11. The largest absolute Gasteiger partial charge is 0.481 e. The van der Waals surface area contributed by atoms with E-state index >= 15 is 0 Å². The van der Waals surface area contributed by atoms with Crippen LogP contribution >= 0.6 is 0 Å². The Kier molecular flexibility index (Phi) is 12.1. The van der Waals surface area contributed by atoms with Gasteiger partial charge in [0, 0.05) is 6.42 Å². The number of carbonyl (C=O) groups is 1. The number of carboxylic acid groups (broad SMARTS) is 1. The van der Waals surface area contributed by atoms with Crippen molar-refractivity contribution in [3.63, 3.8) is 0 Å². The Morgan fingerprint density at radius 1 is 0.944 bits per heavy atom. The number of carboxylic acids is 1. The molecule has 0 heterocycles. The molecule has 2 nitrogen and oxygen atoms in total. The first-order valence-electron chi connectivity index (χ1n) is 7.49. The van der Waals surface area contributed by atoms with Crippen molar-refractivity contribution >= 4 is 5.97 Å². The SMILES string of the molecule is CC(C)CCCCCCC=CCCCCC(=O)O. The zero-order chi connectivity index (χ0) is 13.6. The number of aliphatic carboxylic acids is 1. The van der Waals surface area contributed by atoms with E-state index in [1.54, 1.807) is 0 Å². The highest BCUT2D eigenvalue weighted by Gasteiger charge is 1.95. The first kappa shape index (κ1) is 17.2. The monoisotopic (exact) mass is 254 g/mol. The number of allylic oxidation sites excluding steroid dienone is 2. The van der Waals surface area contributed by atoms with Crippen LogP contribution in [0.3, 0.4) is 0 Å². The number of hydrogen-bond acceptors (Lipinski definition) is 1. The van der Waals surface area contributed by atoms with Crippen LogP contribution in [0.15, 0.2) is 12.2 Å². The molecule has 0 bridgehead atoms. The molecule has 0 atom stereocenters. The Bertz CT molecular complexity index is 219. The fraction of sp³-hybridized carbons (Fsp3) is 0.812. The Morgan fingerprint density at radius 2 is 1.50 bits per heavy atom. The number of hydrogen-bond donors (Lipinski definition) is 1. The van der Waals surface area contributed by atoms with Gasteiger partial charge in [-0.3, -0.25) is 4.79 Å². The zero-order valence-corrected chi connectivity index (χ0v) is 12.2. The number of rotatable bonds is 12. The van der Waals surface area contributed by atoms with Crippen LogP contribution < -0.4 is 0 Å². The summed E-state index contributed by atoms with van der Waals surface area (Å²) in [5.41, 5.74) is 0. The third-order valence-electron chi connectivity index (χ3n) is 3.08. The van der Waals surface area contributed by atoms with E-state index in [4.69, 9.17) is 5.11 Å². The summed E-state index contributed by atoms with van der Waals surface area (Å²) in [6, 6.07) is 0. The Hall–Kier alpha value is -0.790. The molecule has 0 amide bonds. The molecule has 1 N–H and O–H groups in total. The minimum atomic E-state index is -0.680. The van der Waals surface area contributed by atoms with Crippen molar-refractivity contribution in [3.8, 4) is 0 Å². The van der Waals surface area contributed by atoms with Crippen molar-refractivity contribution in [1.29, 1.82) is 0 Å². The average molecular weight is 254 g/mol. The highest BCUT2D eigenvalue weighted by Crippen LogP contribution is 2.11. The molecule has 0 saturated heterocycles. The summed E-state index contributed by atoms with van der Waals surface area (Å²) in [5.74, 6) is 0.163. The van der Waals surface area contributed by atoms with Crippen LogP contribution in [0.25, 0.3) is 0 Å². The first-order chi connectivity index (χ1) is 8.63. The molecule has 0 aromatic rings. The topological polar surface area (TPSA) is 37.3 Å². The quantitative estimate of drug-likeness (QED) is 0.384. The van der Waals surface area contributed by atoms with Crippen LogP contribution in [0.5, 0.6) is 0 Å². The normalized spacial score (nSPS) is 11.5. The molecule has 18 heavy (non-hydrogen) atoms. The Labute approximate surface area is 112 Å². The molecule has 0 aromatic carbocycles. The molecular formula is C16H30O2. The van der Waals surface area contributed by atoms with Crippen LogP contribution in [-0.4, -0.2) is 11.1 Å². The van der Waals surface area contributed by atoms with Gasteiger partial charge in [-0.25, -0.2) is 0 Å². The molecule has 0 aliphatic carbocycles. The van der Waals surface area contributed by atoms with Gasteiger partial charge in [0.2, 0.25) is 0 Å². The smallest absolute Gasteiger partial charge is 0.303 e. The molecule has 0 unspecified atom stereocenters. The molecule has 0 saturated carbocycles. The molecule has 0 aliphatic heterocycles. The van der Waals surface area contributed by atoms with Gasteiger partial charge in [0.15, 0.2) is 0 Å². The molecule has 0 rings (SSSR count). The third-order valence-corrected chi connectivity index (χ3v) is 3.08. The van der Waals surface area contributed by atoms with Gasteiger partial charge in [-0.05, 0) is 38.0 Å². The van der Waals surface area contributed by atoms with Crippen molar-refractivity contribution in [2.45, 2.75) is 78.1 Å². The maximum atomic E-state index is 10.3. The molecule has 2 heteroatoms. The van der Waals surface area contributed by atoms with Crippen LogP contribution in [0.1, 0.15) is 78.1 Å². The van der Waals surface area contributed by atoms with Crippen LogP contribution in [0.2, 0.25) is 0 Å². The molecule has 0 aromatic heterocycles. The summed E-state index contributed by atoms with van der Waals surface area (Å²) in [6.07, 6.45) is 15.5. The predicted octanol–water partition coefficient (Wildman–Crippen LogP) is 5.18. The summed E-state index contributed by atoms with van der Waals surface area (Å²) in [5, 5.41) is 8.47. The maximum Gasteiger partial charge on any atom is 0.303 e. The van der Waals surface area contributed by atoms with Gasteiger partial charge in [0.05, 0.1) is 0 Å². The van der Waals surface area contributed by atoms with Gasteiger partial charge in [0.1, 0.15) is 0 Å². The van der Waals surface area contributed by atoms with Crippen LogP contribution in [-0.2, 0) is 4.79 Å². The summed E-state index contributed by atoms with van der Waals surface area (Å²) in [6.45, 7) is 4.57. The lowest BCUT2D eigenvalue weighted by Gasteiger charge is -2.03. The van der Waals surface area contributed by atoms with Crippen LogP contribution in [0.4, 0.5) is 0 Å². The fourth-order valence-electron chi connectivity index (χ4n) is 1.94. The van der Waals surface area contributed by atoms with E-state index in [0.717, 1.165) is 25.2 Å². The van der Waals surface area contributed by atoms with Gasteiger partial charge in [0.25, 0.3) is 0 Å². The lowest BCUT2D eigenvalue weighted by molar-refractivity contribution is -0.137. The van der Waals surface area contributed by atoms with Gasteiger partial charge in [-0.2, -0.15) is 0 Å². The predicted molar refractivity (Wildman–Crippen MR) is 77.8 cm³/mol. The fourth-order valence-corrected chi connectivity index (χ4v) is 1.94. The van der Waals surface area contributed by atoms with Crippen molar-refractivity contribution in [1.82, 2.24) is 0 Å². The highest BCUT2D eigenvalue weighted by atomic mass is 16.4. The van der Waals surface area contributed by atoms with E-state index in [9.17, 15) is 4.79 Å². The average Bonchev–Trinajstić information content (AvgIpc) is 2.29. The summed E-state index contributed by atoms with van der Waals surface area (Å²) in [4.78, 5) is 10.3. The minimum Gasteiger partial charge on any atom is -0.481 e. The van der Waals surface area contributed by atoms with Crippen molar-refractivity contribution < 1.29 is 9.90 Å². The summed E-state index contributed by atoms with van der Waals surface area (Å²) in [7, 11) is 0. The molecule has 106 valence electrons. The van der Waals surface area contributed by atoms with E-state index < -0.39 is 5.97 Å². The lowest BCUT2D eigenvalue weighted by atomic mass is 10.0. The van der Waals surface area contributed by atoms with Crippen LogP contribution in [0, 0.1) is 5.92 Å². The van der Waals surface area contributed by atoms with E-state index in [0.29, 0.717) is 6.42 Å². The molecule has 0 spiro atoms. The number of unbranched alkanes of at least 4 members (excludes halogenated alkanes) is 6. The maximum absolute atomic E-state index is 10.3. The summed E-state index contributed by atoms with van der Waals surface area (Å²) >= 11 is 0. The van der Waals surface area contributed by atoms with Gasteiger partial charge < -0.3 is 5.11 Å². The van der Waals surface area contributed by atoms with Crippen molar-refractivity contribution in [3.05, 3.63) is 12.2 Å². The van der Waals surface area contributed by atoms with Gasteiger partial charge in [-0.1, -0.05) is 51.7 Å². The lowest BCUT2D eigenvalue weighted by Crippen LogP contribution is -1.92. The highest BCUT2D eigenvalue weighted by molar-refractivity contribution is 5.66. The van der Waals surface area contributed by atoms with Gasteiger partial charge >= 0.3 is 5.97 Å². The molecule has 0 aliphatic rings. The van der Waals surface area contributed by atoms with Crippen molar-refractivity contribution in [2.24, 2.45) is 5.92 Å². The van der Waals surface area contributed by atoms with E-state index in [1.165, 1.54) is 38.5 Å². The third kappa shape index (κ3) is 15.2. The standard InChI is InChI=1S/C16H30O2/c1-15(2)13-11-9-7-5-3-4-6-8-10-12-14-16(17)18/h4,6,15H,3,5,7-14H2,1-2H3,(H,17,18). The van der Waals surface area contributed by atoms with Crippen molar-refractivity contribution in [2.75, 3.05) is 0 Å². The van der Waals surface area contributed by atoms with Gasteiger partial charge in [-0.15, -0.1) is 0 Å². The second kappa shape index (κ2) is 12.7. The van der Waals surface area contributed by atoms with E-state index in [1.807, 2.05) is 0 Å². The summed E-state index contributed by atoms with van der Waals surface area (Å²) < 4.78 is 0. The minimum absolute atomic E-state index is 0.309. The molecule has 0 radical (unpaired) electrons. The molecular weight excluding hydrogens is 224 g/mol. The van der Waals surface area contributed by atoms with E-state index in [-0.39, 0.29) is 0 Å². The first-order valence-corrected chi connectivity index (χ1v) is 7.49. The zero-order valence-electron chi connectivity index (χ0n) is 12.2.